The van der Waals surface area contributed by atoms with E-state index in [9.17, 15) is 5.11 Å². The predicted molar refractivity (Wildman–Crippen MR) is 59.8 cm³/mol. The second-order valence-corrected chi connectivity index (χ2v) is 4.84. The molecule has 80 valence electrons. The summed E-state index contributed by atoms with van der Waals surface area (Å²) in [6.45, 7) is 2.17. The maximum atomic E-state index is 10.1. The molecule has 2 aliphatic rings. The molecule has 0 aromatic heterocycles. The molecule has 0 amide bonds. The summed E-state index contributed by atoms with van der Waals surface area (Å²) >= 11 is 0. The smallest absolute Gasteiger partial charge is 0.0801 e. The van der Waals surface area contributed by atoms with Crippen molar-refractivity contribution in [1.82, 2.24) is 5.32 Å². The molecule has 1 unspecified atom stereocenters. The minimum absolute atomic E-state index is 0.237. The molecule has 1 aliphatic carbocycles. The number of fused-ring (bicyclic) bond motifs is 2. The Morgan fingerprint density at radius 2 is 1.93 bits per heavy atom. The first-order valence-electron chi connectivity index (χ1n) is 5.80. The van der Waals surface area contributed by atoms with Crippen LogP contribution in [0, 0.1) is 0 Å². The first-order chi connectivity index (χ1) is 7.32. The number of hydrogen-bond donors (Lipinski definition) is 2. The van der Waals surface area contributed by atoms with Gasteiger partial charge in [-0.25, -0.2) is 0 Å². The maximum Gasteiger partial charge on any atom is 0.0801 e. The lowest BCUT2D eigenvalue weighted by molar-refractivity contribution is 0.142. The van der Waals surface area contributed by atoms with E-state index in [1.54, 1.807) is 0 Å². The molecule has 3 rings (SSSR count). The van der Waals surface area contributed by atoms with Crippen LogP contribution in [-0.4, -0.2) is 18.2 Å². The summed E-state index contributed by atoms with van der Waals surface area (Å²) in [5.74, 6) is 0. The lowest BCUT2D eigenvalue weighted by Crippen LogP contribution is -2.38. The summed E-state index contributed by atoms with van der Waals surface area (Å²) in [6, 6.07) is 8.41. The third-order valence-corrected chi connectivity index (χ3v) is 4.04. The first-order valence-corrected chi connectivity index (χ1v) is 5.80. The van der Waals surface area contributed by atoms with Gasteiger partial charge in [-0.2, -0.15) is 0 Å². The molecule has 2 nitrogen and oxygen atoms in total. The summed E-state index contributed by atoms with van der Waals surface area (Å²) in [7, 11) is 0. The Morgan fingerprint density at radius 1 is 1.20 bits per heavy atom. The van der Waals surface area contributed by atoms with E-state index in [4.69, 9.17) is 0 Å². The van der Waals surface area contributed by atoms with Crippen molar-refractivity contribution in [2.24, 2.45) is 0 Å². The van der Waals surface area contributed by atoms with Crippen molar-refractivity contribution in [1.29, 1.82) is 0 Å². The van der Waals surface area contributed by atoms with Crippen molar-refractivity contribution >= 4 is 0 Å². The number of hydrogen-bond acceptors (Lipinski definition) is 2. The lowest BCUT2D eigenvalue weighted by atomic mass is 9.74. The average molecular weight is 203 g/mol. The molecule has 0 radical (unpaired) electrons. The van der Waals surface area contributed by atoms with Gasteiger partial charge in [-0.1, -0.05) is 24.3 Å². The number of aliphatic hydroxyl groups is 1. The van der Waals surface area contributed by atoms with Crippen molar-refractivity contribution < 1.29 is 5.11 Å². The van der Waals surface area contributed by atoms with E-state index >= 15 is 0 Å². The molecular formula is C13H17NO. The zero-order chi connectivity index (χ0) is 10.3. The zero-order valence-corrected chi connectivity index (χ0v) is 8.87. The van der Waals surface area contributed by atoms with Crippen molar-refractivity contribution in [3.8, 4) is 0 Å². The van der Waals surface area contributed by atoms with E-state index in [1.165, 1.54) is 24.0 Å². The van der Waals surface area contributed by atoms with Crippen LogP contribution in [0.3, 0.4) is 0 Å². The topological polar surface area (TPSA) is 32.3 Å². The van der Waals surface area contributed by atoms with Crippen molar-refractivity contribution in [3.63, 3.8) is 0 Å². The second-order valence-electron chi connectivity index (χ2n) is 4.84. The molecule has 1 heterocycles. The number of aliphatic hydroxyl groups excluding tert-OH is 1. The van der Waals surface area contributed by atoms with Gasteiger partial charge in [-0.15, -0.1) is 0 Å². The van der Waals surface area contributed by atoms with Gasteiger partial charge in [0.2, 0.25) is 0 Å². The fourth-order valence-electron chi connectivity index (χ4n) is 3.24. The molecule has 15 heavy (non-hydrogen) atoms. The van der Waals surface area contributed by atoms with E-state index in [0.29, 0.717) is 0 Å². The first kappa shape index (κ1) is 9.37. The number of nitrogens with one attached hydrogen (secondary N) is 1. The molecule has 0 saturated carbocycles. The van der Waals surface area contributed by atoms with E-state index in [0.717, 1.165) is 19.5 Å². The minimum atomic E-state index is -0.237. The monoisotopic (exact) mass is 203 g/mol. The standard InChI is InChI=1S/C13H17NO/c15-12-9-13(5-7-14-8-6-13)11-4-2-1-3-10(11)12/h1-4,12,14-15H,5-9H2. The van der Waals surface area contributed by atoms with Crippen LogP contribution in [-0.2, 0) is 5.41 Å². The van der Waals surface area contributed by atoms with Crippen LogP contribution in [0.2, 0.25) is 0 Å². The van der Waals surface area contributed by atoms with Crippen molar-refractivity contribution in [2.45, 2.75) is 30.8 Å². The molecule has 1 spiro atoms. The van der Waals surface area contributed by atoms with Crippen LogP contribution in [0.1, 0.15) is 36.5 Å². The number of piperidine rings is 1. The van der Waals surface area contributed by atoms with Crippen LogP contribution in [0.25, 0.3) is 0 Å². The fourth-order valence-corrected chi connectivity index (χ4v) is 3.24. The Bertz CT molecular complexity index is 369. The van der Waals surface area contributed by atoms with Crippen LogP contribution in [0.5, 0.6) is 0 Å². The van der Waals surface area contributed by atoms with Gasteiger partial charge >= 0.3 is 0 Å². The summed E-state index contributed by atoms with van der Waals surface area (Å²) in [6.07, 6.45) is 3.02. The van der Waals surface area contributed by atoms with E-state index < -0.39 is 0 Å². The maximum absolute atomic E-state index is 10.1. The highest BCUT2D eigenvalue weighted by atomic mass is 16.3. The Kier molecular flexibility index (Phi) is 2.08. The Labute approximate surface area is 90.3 Å². The van der Waals surface area contributed by atoms with Crippen molar-refractivity contribution in [3.05, 3.63) is 35.4 Å². The van der Waals surface area contributed by atoms with Gasteiger partial charge in [0.1, 0.15) is 0 Å². The Morgan fingerprint density at radius 3 is 2.73 bits per heavy atom. The van der Waals surface area contributed by atoms with E-state index in [1.807, 2.05) is 6.07 Å². The van der Waals surface area contributed by atoms with Gasteiger partial charge in [-0.05, 0) is 43.5 Å². The quantitative estimate of drug-likeness (QED) is 0.673. The molecule has 1 fully saturated rings. The van der Waals surface area contributed by atoms with Gasteiger partial charge < -0.3 is 10.4 Å². The lowest BCUT2D eigenvalue weighted by Gasteiger charge is -2.34. The zero-order valence-electron chi connectivity index (χ0n) is 8.87. The highest BCUT2D eigenvalue weighted by molar-refractivity contribution is 5.41. The van der Waals surface area contributed by atoms with Gasteiger partial charge in [0.05, 0.1) is 6.10 Å². The van der Waals surface area contributed by atoms with Gasteiger partial charge in [0, 0.05) is 5.41 Å². The SMILES string of the molecule is OC1CC2(CCNCC2)c2ccccc21. The average Bonchev–Trinajstić information content (AvgIpc) is 2.55. The van der Waals surface area contributed by atoms with Crippen LogP contribution in [0.15, 0.2) is 24.3 Å². The van der Waals surface area contributed by atoms with Gasteiger partial charge in [0.25, 0.3) is 0 Å². The predicted octanol–water partition coefficient (Wildman–Crippen LogP) is 1.74. The van der Waals surface area contributed by atoms with Gasteiger partial charge in [0.15, 0.2) is 0 Å². The van der Waals surface area contributed by atoms with Crippen LogP contribution >= 0.6 is 0 Å². The molecule has 1 aliphatic heterocycles. The van der Waals surface area contributed by atoms with Crippen molar-refractivity contribution in [2.75, 3.05) is 13.1 Å². The molecule has 1 atom stereocenters. The molecule has 0 bridgehead atoms. The molecule has 2 N–H and O–H groups in total. The Hall–Kier alpha value is -0.860. The Balaban J connectivity index is 2.06. The van der Waals surface area contributed by atoms with Gasteiger partial charge in [-0.3, -0.25) is 0 Å². The normalized spacial score (nSPS) is 27.9. The van der Waals surface area contributed by atoms with Crippen LogP contribution in [0.4, 0.5) is 0 Å². The molecule has 1 aromatic carbocycles. The summed E-state index contributed by atoms with van der Waals surface area (Å²) in [5, 5.41) is 13.5. The van der Waals surface area contributed by atoms with E-state index in [-0.39, 0.29) is 11.5 Å². The molecule has 1 aromatic rings. The fraction of sp³-hybridized carbons (Fsp3) is 0.538. The number of benzene rings is 1. The third kappa shape index (κ3) is 1.32. The highest BCUT2D eigenvalue weighted by Gasteiger charge is 2.43. The summed E-state index contributed by atoms with van der Waals surface area (Å²) in [4.78, 5) is 0. The number of rotatable bonds is 0. The highest BCUT2D eigenvalue weighted by Crippen LogP contribution is 2.49. The summed E-state index contributed by atoms with van der Waals surface area (Å²) in [5.41, 5.74) is 2.83. The minimum Gasteiger partial charge on any atom is -0.388 e. The van der Waals surface area contributed by atoms with E-state index in [2.05, 4.69) is 23.5 Å². The largest absolute Gasteiger partial charge is 0.388 e. The molecule has 2 heteroatoms. The molecule has 1 saturated heterocycles. The second kappa shape index (κ2) is 3.32. The summed E-state index contributed by atoms with van der Waals surface area (Å²) < 4.78 is 0. The van der Waals surface area contributed by atoms with Crippen LogP contribution < -0.4 is 5.32 Å². The molecular weight excluding hydrogens is 186 g/mol. The third-order valence-electron chi connectivity index (χ3n) is 4.04.